The molecule has 1 fully saturated rings. The van der Waals surface area contributed by atoms with Crippen LogP contribution < -0.4 is 0 Å². The van der Waals surface area contributed by atoms with E-state index < -0.39 is 10.0 Å². The molecule has 0 radical (unpaired) electrons. The summed E-state index contributed by atoms with van der Waals surface area (Å²) in [4.78, 5) is 10.1. The molecule has 1 aliphatic rings. The number of aryl methyl sites for hydroxylation is 2. The number of aromatic amines is 1. The fourth-order valence-corrected chi connectivity index (χ4v) is 5.18. The molecule has 1 N–H and O–H groups in total. The highest BCUT2D eigenvalue weighted by Crippen LogP contribution is 2.21. The second kappa shape index (κ2) is 6.49. The van der Waals surface area contributed by atoms with Crippen LogP contribution in [-0.2, 0) is 23.6 Å². The summed E-state index contributed by atoms with van der Waals surface area (Å²) in [6.07, 6.45) is 1.59. The number of H-pyrrole nitrogens is 1. The van der Waals surface area contributed by atoms with Gasteiger partial charge in [-0.05, 0) is 19.1 Å². The molecule has 0 aliphatic carbocycles. The Labute approximate surface area is 152 Å². The summed E-state index contributed by atoms with van der Waals surface area (Å²) in [5, 5.41) is 4.34. The zero-order valence-corrected chi connectivity index (χ0v) is 15.7. The lowest BCUT2D eigenvalue weighted by molar-refractivity contribution is 0.178. The largest absolute Gasteiger partial charge is 0.341 e. The van der Waals surface area contributed by atoms with Gasteiger partial charge in [0.05, 0.1) is 23.8 Å². The molecule has 2 aromatic heterocycles. The molecular formula is C17H22N6O2S. The molecule has 1 saturated heterocycles. The number of aromatic nitrogens is 4. The predicted octanol–water partition coefficient (Wildman–Crippen LogP) is 1.11. The Morgan fingerprint density at radius 2 is 1.88 bits per heavy atom. The maximum absolute atomic E-state index is 12.9. The highest BCUT2D eigenvalue weighted by atomic mass is 32.2. The van der Waals surface area contributed by atoms with Crippen LogP contribution in [0.3, 0.4) is 0 Å². The molecule has 0 saturated carbocycles. The Morgan fingerprint density at radius 3 is 2.54 bits per heavy atom. The summed E-state index contributed by atoms with van der Waals surface area (Å²) in [5.41, 5.74) is 2.66. The average molecular weight is 374 g/mol. The van der Waals surface area contributed by atoms with Crippen LogP contribution in [0.1, 0.15) is 11.4 Å². The first-order valence-corrected chi connectivity index (χ1v) is 10.0. The van der Waals surface area contributed by atoms with E-state index in [-0.39, 0.29) is 5.03 Å². The van der Waals surface area contributed by atoms with E-state index in [4.69, 9.17) is 0 Å². The van der Waals surface area contributed by atoms with E-state index in [2.05, 4.69) is 20.0 Å². The van der Waals surface area contributed by atoms with Crippen molar-refractivity contribution in [1.29, 1.82) is 0 Å². The van der Waals surface area contributed by atoms with Crippen molar-refractivity contribution in [3.63, 3.8) is 0 Å². The van der Waals surface area contributed by atoms with Crippen LogP contribution in [0.15, 0.2) is 35.5 Å². The Morgan fingerprint density at radius 1 is 1.15 bits per heavy atom. The van der Waals surface area contributed by atoms with Gasteiger partial charge in [0.15, 0.2) is 5.03 Å². The number of imidazole rings is 1. The number of nitrogens with zero attached hydrogens (tertiary/aromatic N) is 5. The lowest BCUT2D eigenvalue weighted by atomic mass is 10.3. The first-order valence-electron chi connectivity index (χ1n) is 8.60. The van der Waals surface area contributed by atoms with Crippen molar-refractivity contribution in [1.82, 2.24) is 29.0 Å². The zero-order valence-electron chi connectivity index (χ0n) is 14.9. The number of para-hydroxylation sites is 2. The van der Waals surface area contributed by atoms with Gasteiger partial charge in [-0.2, -0.15) is 9.40 Å². The summed E-state index contributed by atoms with van der Waals surface area (Å²) >= 11 is 0. The standard InChI is InChI=1S/C17H22N6O2S/c1-13-11-18-21(2)17(13)26(24,25)23-9-7-22(8-10-23)12-16-19-14-5-3-4-6-15(14)20-16/h3-6,11H,7-10,12H2,1-2H3,(H,19,20). The minimum atomic E-state index is -3.51. The normalized spacial score (nSPS) is 17.2. The van der Waals surface area contributed by atoms with Crippen molar-refractivity contribution in [2.75, 3.05) is 26.2 Å². The number of piperazine rings is 1. The molecule has 0 spiro atoms. The quantitative estimate of drug-likeness (QED) is 0.739. The SMILES string of the molecule is Cc1cnn(C)c1S(=O)(=O)N1CCN(Cc2nc3ccccc3[nH]2)CC1. The minimum Gasteiger partial charge on any atom is -0.341 e. The zero-order chi connectivity index (χ0) is 18.3. The molecule has 3 heterocycles. The van der Waals surface area contributed by atoms with E-state index in [0.29, 0.717) is 38.3 Å². The average Bonchev–Trinajstić information content (AvgIpc) is 3.17. The first kappa shape index (κ1) is 17.2. The molecule has 1 aliphatic heterocycles. The lowest BCUT2D eigenvalue weighted by Gasteiger charge is -2.33. The molecule has 0 unspecified atom stereocenters. The number of benzene rings is 1. The van der Waals surface area contributed by atoms with Crippen molar-refractivity contribution >= 4 is 21.1 Å². The van der Waals surface area contributed by atoms with Gasteiger partial charge in [0.2, 0.25) is 0 Å². The molecule has 26 heavy (non-hydrogen) atoms. The Hall–Kier alpha value is -2.23. The second-order valence-corrected chi connectivity index (χ2v) is 8.49. The van der Waals surface area contributed by atoms with Crippen LogP contribution >= 0.6 is 0 Å². The molecule has 8 nitrogen and oxygen atoms in total. The number of nitrogens with one attached hydrogen (secondary N) is 1. The van der Waals surface area contributed by atoms with E-state index in [1.165, 1.54) is 4.68 Å². The van der Waals surface area contributed by atoms with Crippen LogP contribution in [0.4, 0.5) is 0 Å². The van der Waals surface area contributed by atoms with E-state index in [0.717, 1.165) is 16.9 Å². The van der Waals surface area contributed by atoms with Gasteiger partial charge >= 0.3 is 0 Å². The molecule has 1 aromatic carbocycles. The van der Waals surface area contributed by atoms with Gasteiger partial charge in [-0.25, -0.2) is 13.4 Å². The van der Waals surface area contributed by atoms with Gasteiger partial charge in [-0.15, -0.1) is 0 Å². The number of sulfonamides is 1. The Kier molecular flexibility index (Phi) is 4.29. The minimum absolute atomic E-state index is 0.281. The number of fused-ring (bicyclic) bond motifs is 1. The topological polar surface area (TPSA) is 87.1 Å². The molecule has 0 amide bonds. The fourth-order valence-electron chi connectivity index (χ4n) is 3.45. The molecule has 3 aromatic rings. The predicted molar refractivity (Wildman–Crippen MR) is 98.1 cm³/mol. The first-order chi connectivity index (χ1) is 12.4. The van der Waals surface area contributed by atoms with Crippen LogP contribution in [0, 0.1) is 6.92 Å². The van der Waals surface area contributed by atoms with Crippen LogP contribution in [0.5, 0.6) is 0 Å². The van der Waals surface area contributed by atoms with Gasteiger partial charge in [-0.3, -0.25) is 9.58 Å². The van der Waals surface area contributed by atoms with Crippen molar-refractivity contribution in [3.8, 4) is 0 Å². The summed E-state index contributed by atoms with van der Waals surface area (Å²) in [6, 6.07) is 7.94. The Balaban J connectivity index is 1.44. The maximum Gasteiger partial charge on any atom is 0.260 e. The maximum atomic E-state index is 12.9. The number of hydrogen-bond donors (Lipinski definition) is 1. The molecule has 9 heteroatoms. The third kappa shape index (κ3) is 3.02. The van der Waals surface area contributed by atoms with Crippen molar-refractivity contribution in [2.45, 2.75) is 18.5 Å². The lowest BCUT2D eigenvalue weighted by Crippen LogP contribution is -2.48. The fraction of sp³-hybridized carbons (Fsp3) is 0.412. The van der Waals surface area contributed by atoms with Gasteiger partial charge in [0, 0.05) is 38.8 Å². The summed E-state index contributed by atoms with van der Waals surface area (Å²) in [6.45, 7) is 4.74. The van der Waals surface area contributed by atoms with Gasteiger partial charge < -0.3 is 4.98 Å². The van der Waals surface area contributed by atoms with Crippen LogP contribution in [0.2, 0.25) is 0 Å². The highest BCUT2D eigenvalue weighted by molar-refractivity contribution is 7.89. The van der Waals surface area contributed by atoms with Gasteiger partial charge in [0.1, 0.15) is 5.82 Å². The van der Waals surface area contributed by atoms with E-state index in [9.17, 15) is 8.42 Å². The summed E-state index contributed by atoms with van der Waals surface area (Å²) in [7, 11) is -1.85. The van der Waals surface area contributed by atoms with E-state index in [1.807, 2.05) is 24.3 Å². The summed E-state index contributed by atoms with van der Waals surface area (Å²) < 4.78 is 28.8. The van der Waals surface area contributed by atoms with Crippen molar-refractivity contribution in [2.24, 2.45) is 7.05 Å². The summed E-state index contributed by atoms with van der Waals surface area (Å²) in [5.74, 6) is 0.907. The number of hydrogen-bond acceptors (Lipinski definition) is 5. The number of rotatable bonds is 4. The van der Waals surface area contributed by atoms with Gasteiger partial charge in [0.25, 0.3) is 10.0 Å². The molecule has 0 bridgehead atoms. The van der Waals surface area contributed by atoms with Gasteiger partial charge in [-0.1, -0.05) is 12.1 Å². The molecule has 4 rings (SSSR count). The highest BCUT2D eigenvalue weighted by Gasteiger charge is 2.32. The smallest absolute Gasteiger partial charge is 0.260 e. The van der Waals surface area contributed by atoms with E-state index in [1.54, 1.807) is 24.5 Å². The molecule has 0 atom stereocenters. The molecular weight excluding hydrogens is 352 g/mol. The third-order valence-corrected chi connectivity index (χ3v) is 6.90. The Bertz CT molecular complexity index is 978. The second-order valence-electron chi connectivity index (χ2n) is 6.64. The monoisotopic (exact) mass is 374 g/mol. The van der Waals surface area contributed by atoms with Crippen molar-refractivity contribution < 1.29 is 8.42 Å². The molecule has 138 valence electrons. The van der Waals surface area contributed by atoms with Crippen LogP contribution in [0.25, 0.3) is 11.0 Å². The van der Waals surface area contributed by atoms with Crippen molar-refractivity contribution in [3.05, 3.63) is 41.9 Å². The van der Waals surface area contributed by atoms with Crippen LogP contribution in [-0.4, -0.2) is 63.6 Å². The van der Waals surface area contributed by atoms with E-state index >= 15 is 0 Å². The third-order valence-electron chi connectivity index (χ3n) is 4.78.